The van der Waals surface area contributed by atoms with Crippen LogP contribution in [0.1, 0.15) is 60.6 Å². The van der Waals surface area contributed by atoms with Gasteiger partial charge in [-0.15, -0.1) is 0 Å². The van der Waals surface area contributed by atoms with Gasteiger partial charge in [0.1, 0.15) is 11.4 Å². The lowest BCUT2D eigenvalue weighted by Crippen LogP contribution is -2.32. The van der Waals surface area contributed by atoms with Crippen LogP contribution in [-0.2, 0) is 22.4 Å². The summed E-state index contributed by atoms with van der Waals surface area (Å²) in [6.45, 7) is 4.21. The van der Waals surface area contributed by atoms with Crippen molar-refractivity contribution in [2.24, 2.45) is 0 Å². The zero-order valence-corrected chi connectivity index (χ0v) is 18.2. The molecule has 7 heteroatoms. The van der Waals surface area contributed by atoms with Crippen molar-refractivity contribution >= 4 is 17.3 Å². The average Bonchev–Trinajstić information content (AvgIpc) is 3.36. The Bertz CT molecular complexity index is 1090. The van der Waals surface area contributed by atoms with Crippen LogP contribution in [0.2, 0.25) is 0 Å². The number of methoxy groups -OCH3 is 1. The molecule has 1 aromatic carbocycles. The van der Waals surface area contributed by atoms with Gasteiger partial charge in [-0.25, -0.2) is 0 Å². The van der Waals surface area contributed by atoms with E-state index in [1.54, 1.807) is 11.3 Å². The number of aryl methyl sites for hydroxylation is 1. The first-order valence-corrected chi connectivity index (χ1v) is 11.0. The molecule has 158 valence electrons. The Morgan fingerprint density at radius 1 is 1.30 bits per heavy atom. The van der Waals surface area contributed by atoms with Gasteiger partial charge >= 0.3 is 5.97 Å². The molecule has 0 amide bonds. The Morgan fingerprint density at radius 2 is 2.13 bits per heavy atom. The van der Waals surface area contributed by atoms with E-state index in [0.29, 0.717) is 12.0 Å². The quantitative estimate of drug-likeness (QED) is 0.580. The third kappa shape index (κ3) is 4.21. The fourth-order valence-electron chi connectivity index (χ4n) is 4.05. The van der Waals surface area contributed by atoms with Gasteiger partial charge in [-0.2, -0.15) is 11.3 Å². The van der Waals surface area contributed by atoms with Crippen LogP contribution in [0, 0.1) is 0 Å². The largest absolute Gasteiger partial charge is 0.488 e. The second-order valence-corrected chi connectivity index (χ2v) is 9.12. The van der Waals surface area contributed by atoms with Gasteiger partial charge in [0.05, 0.1) is 13.5 Å². The summed E-state index contributed by atoms with van der Waals surface area (Å²) in [5.74, 6) is 0.237. The standard InChI is InChI=1S/C23H26N2O4S/c1-23(2)8-6-15-10-14(4-5-19(15)29-23)11-18-21(22(27)25-24-18)17(12-20(26)28-3)16-7-9-30-13-16/h4-5,7,9-10,13,17H,6,8,11-12H2,1-3H3,(H2,24,25,27)/t17-/m1/s1. The number of nitrogens with one attached hydrogen (secondary N) is 2. The topological polar surface area (TPSA) is 84.2 Å². The summed E-state index contributed by atoms with van der Waals surface area (Å²) in [7, 11) is 1.37. The zero-order chi connectivity index (χ0) is 21.3. The Hall–Kier alpha value is -2.80. The number of thiophene rings is 1. The first-order valence-electron chi connectivity index (χ1n) is 10.1. The van der Waals surface area contributed by atoms with Crippen molar-refractivity contribution in [2.45, 2.75) is 51.0 Å². The molecule has 2 aromatic heterocycles. The number of hydrogen-bond donors (Lipinski definition) is 2. The fourth-order valence-corrected chi connectivity index (χ4v) is 4.76. The molecule has 1 aliphatic rings. The van der Waals surface area contributed by atoms with Crippen molar-refractivity contribution in [1.29, 1.82) is 0 Å². The van der Waals surface area contributed by atoms with Crippen LogP contribution in [0.5, 0.6) is 5.75 Å². The normalized spacial score (nSPS) is 15.8. The smallest absolute Gasteiger partial charge is 0.306 e. The van der Waals surface area contributed by atoms with Crippen LogP contribution in [0.25, 0.3) is 0 Å². The molecule has 1 aliphatic heterocycles. The third-order valence-electron chi connectivity index (χ3n) is 5.68. The van der Waals surface area contributed by atoms with E-state index >= 15 is 0 Å². The average molecular weight is 427 g/mol. The highest BCUT2D eigenvalue weighted by molar-refractivity contribution is 7.08. The van der Waals surface area contributed by atoms with Gasteiger partial charge in [-0.3, -0.25) is 14.7 Å². The third-order valence-corrected chi connectivity index (χ3v) is 6.38. The number of aromatic amines is 2. The Balaban J connectivity index is 1.65. The lowest BCUT2D eigenvalue weighted by Gasteiger charge is -2.32. The highest BCUT2D eigenvalue weighted by Gasteiger charge is 2.28. The number of carbonyl (C=O) groups is 1. The van der Waals surface area contributed by atoms with Crippen molar-refractivity contribution in [3.63, 3.8) is 0 Å². The lowest BCUT2D eigenvalue weighted by atomic mass is 9.88. The van der Waals surface area contributed by atoms with Gasteiger partial charge in [0, 0.05) is 23.6 Å². The van der Waals surface area contributed by atoms with Gasteiger partial charge in [0.2, 0.25) is 0 Å². The predicted molar refractivity (Wildman–Crippen MR) is 116 cm³/mol. The first kappa shape index (κ1) is 20.5. The molecule has 0 fully saturated rings. The maximum absolute atomic E-state index is 12.7. The molecular weight excluding hydrogens is 400 g/mol. The molecule has 0 spiro atoms. The summed E-state index contributed by atoms with van der Waals surface area (Å²) in [5, 5.41) is 9.67. The predicted octanol–water partition coefficient (Wildman–Crippen LogP) is 4.15. The van der Waals surface area contributed by atoms with E-state index in [9.17, 15) is 9.59 Å². The molecule has 0 aliphatic carbocycles. The van der Waals surface area contributed by atoms with E-state index in [4.69, 9.17) is 9.47 Å². The van der Waals surface area contributed by atoms with Crippen molar-refractivity contribution in [2.75, 3.05) is 7.11 Å². The summed E-state index contributed by atoms with van der Waals surface area (Å²) >= 11 is 1.54. The fraction of sp³-hybridized carbons (Fsp3) is 0.391. The summed E-state index contributed by atoms with van der Waals surface area (Å²) < 4.78 is 11.0. The Labute approximate surface area is 179 Å². The number of esters is 1. The molecule has 0 saturated carbocycles. The van der Waals surface area contributed by atoms with E-state index in [1.807, 2.05) is 29.0 Å². The number of aromatic nitrogens is 2. The van der Waals surface area contributed by atoms with Crippen LogP contribution >= 0.6 is 11.3 Å². The molecule has 0 saturated heterocycles. The Kier molecular flexibility index (Phi) is 5.56. The van der Waals surface area contributed by atoms with Crippen molar-refractivity contribution in [1.82, 2.24) is 10.2 Å². The second kappa shape index (κ2) is 8.14. The number of H-pyrrole nitrogens is 2. The summed E-state index contributed by atoms with van der Waals surface area (Å²) in [6, 6.07) is 8.15. The molecule has 30 heavy (non-hydrogen) atoms. The summed E-state index contributed by atoms with van der Waals surface area (Å²) in [4.78, 5) is 24.7. The molecule has 4 rings (SSSR count). The van der Waals surface area contributed by atoms with Gasteiger partial charge in [0.15, 0.2) is 0 Å². The summed E-state index contributed by atoms with van der Waals surface area (Å²) in [5.41, 5.74) is 4.26. The van der Waals surface area contributed by atoms with Crippen molar-refractivity contribution in [3.8, 4) is 5.75 Å². The minimum atomic E-state index is -0.351. The van der Waals surface area contributed by atoms with Crippen LogP contribution in [0.15, 0.2) is 39.8 Å². The Morgan fingerprint density at radius 3 is 2.87 bits per heavy atom. The first-order chi connectivity index (χ1) is 14.4. The van der Waals surface area contributed by atoms with Gasteiger partial charge in [-0.1, -0.05) is 12.1 Å². The lowest BCUT2D eigenvalue weighted by molar-refractivity contribution is -0.140. The number of benzene rings is 1. The van der Waals surface area contributed by atoms with E-state index < -0.39 is 0 Å². The van der Waals surface area contributed by atoms with E-state index in [1.165, 1.54) is 12.7 Å². The van der Waals surface area contributed by atoms with E-state index in [2.05, 4.69) is 30.1 Å². The van der Waals surface area contributed by atoms with Crippen molar-refractivity contribution < 1.29 is 14.3 Å². The molecule has 3 heterocycles. The molecule has 2 N–H and O–H groups in total. The molecular formula is C23H26N2O4S. The van der Waals surface area contributed by atoms with Crippen LogP contribution in [0.4, 0.5) is 0 Å². The minimum Gasteiger partial charge on any atom is -0.488 e. The molecule has 0 bridgehead atoms. The van der Waals surface area contributed by atoms with E-state index in [-0.39, 0.29) is 29.5 Å². The number of carbonyl (C=O) groups excluding carboxylic acids is 1. The minimum absolute atomic E-state index is 0.119. The summed E-state index contributed by atoms with van der Waals surface area (Å²) in [6.07, 6.45) is 2.61. The van der Waals surface area contributed by atoms with Gasteiger partial charge in [0.25, 0.3) is 5.56 Å². The van der Waals surface area contributed by atoms with Gasteiger partial charge in [-0.05, 0) is 66.3 Å². The molecule has 0 unspecified atom stereocenters. The zero-order valence-electron chi connectivity index (χ0n) is 17.4. The van der Waals surface area contributed by atoms with Crippen LogP contribution in [0.3, 0.4) is 0 Å². The number of ether oxygens (including phenoxy) is 2. The monoisotopic (exact) mass is 426 g/mol. The van der Waals surface area contributed by atoms with Crippen molar-refractivity contribution in [3.05, 3.63) is 73.3 Å². The maximum Gasteiger partial charge on any atom is 0.306 e. The second-order valence-electron chi connectivity index (χ2n) is 8.34. The van der Waals surface area contributed by atoms with Gasteiger partial charge < -0.3 is 14.6 Å². The van der Waals surface area contributed by atoms with E-state index in [0.717, 1.165) is 35.4 Å². The number of rotatable bonds is 6. The molecule has 3 aromatic rings. The van der Waals surface area contributed by atoms with Crippen LogP contribution in [-0.4, -0.2) is 28.9 Å². The maximum atomic E-state index is 12.7. The highest BCUT2D eigenvalue weighted by Crippen LogP contribution is 2.35. The number of fused-ring (bicyclic) bond motifs is 1. The molecule has 0 radical (unpaired) electrons. The highest BCUT2D eigenvalue weighted by atomic mass is 32.1. The van der Waals surface area contributed by atoms with Crippen LogP contribution < -0.4 is 10.3 Å². The molecule has 1 atom stereocenters. The molecule has 6 nitrogen and oxygen atoms in total. The SMILES string of the molecule is COC(=O)C[C@H](c1ccsc1)c1c(Cc2ccc3c(c2)CCC(C)(C)O3)[nH][nH]c1=O. The number of hydrogen-bond acceptors (Lipinski definition) is 5.